The number of anilines is 1. The van der Waals surface area contributed by atoms with E-state index in [0.717, 1.165) is 38.4 Å². The van der Waals surface area contributed by atoms with Gasteiger partial charge in [-0.2, -0.15) is 5.01 Å². The van der Waals surface area contributed by atoms with Gasteiger partial charge in [-0.1, -0.05) is 24.3 Å². The Balaban J connectivity index is 1.49. The maximum absolute atomic E-state index is 12.6. The first-order valence-electron chi connectivity index (χ1n) is 8.88. The predicted octanol–water partition coefficient (Wildman–Crippen LogP) is 1.74. The fourth-order valence-electron chi connectivity index (χ4n) is 3.51. The molecule has 26 heavy (non-hydrogen) atoms. The van der Waals surface area contributed by atoms with Crippen molar-refractivity contribution in [2.24, 2.45) is 0 Å². The van der Waals surface area contributed by atoms with Crippen LogP contribution in [0.25, 0.3) is 0 Å². The van der Waals surface area contributed by atoms with Crippen LogP contribution in [0.1, 0.15) is 26.3 Å². The zero-order chi connectivity index (χ0) is 18.1. The summed E-state index contributed by atoms with van der Waals surface area (Å²) in [6.45, 7) is 5.08. The van der Waals surface area contributed by atoms with Gasteiger partial charge >= 0.3 is 0 Å². The molecule has 2 amide bonds. The molecular formula is C20H22N4O2. The molecule has 4 rings (SSSR count). The fourth-order valence-corrected chi connectivity index (χ4v) is 3.51. The Hall–Kier alpha value is -2.70. The van der Waals surface area contributed by atoms with Crippen LogP contribution < -0.4 is 10.3 Å². The molecule has 2 aliphatic rings. The number of carbonyl (C=O) groups excluding carboxylic acids is 2. The van der Waals surface area contributed by atoms with Gasteiger partial charge < -0.3 is 5.32 Å². The Morgan fingerprint density at radius 2 is 1.50 bits per heavy atom. The zero-order valence-electron chi connectivity index (χ0n) is 14.8. The highest BCUT2D eigenvalue weighted by atomic mass is 16.2. The summed E-state index contributed by atoms with van der Waals surface area (Å²) in [5.74, 6) is -0.559. The van der Waals surface area contributed by atoms with Gasteiger partial charge in [-0.05, 0) is 29.8 Å². The number of benzene rings is 2. The normalized spacial score (nSPS) is 17.5. The van der Waals surface area contributed by atoms with E-state index in [1.807, 2.05) is 12.1 Å². The minimum absolute atomic E-state index is 0.280. The van der Waals surface area contributed by atoms with Crippen LogP contribution in [-0.2, 0) is 6.54 Å². The van der Waals surface area contributed by atoms with Gasteiger partial charge in [-0.3, -0.25) is 19.5 Å². The number of hydrogen-bond donors (Lipinski definition) is 1. The largest absolute Gasteiger partial charge is 0.314 e. The van der Waals surface area contributed by atoms with Crippen molar-refractivity contribution in [3.63, 3.8) is 0 Å². The van der Waals surface area contributed by atoms with Crippen LogP contribution in [0.2, 0.25) is 0 Å². The molecule has 2 aromatic carbocycles. The molecule has 1 saturated heterocycles. The van der Waals surface area contributed by atoms with E-state index in [2.05, 4.69) is 22.3 Å². The van der Waals surface area contributed by atoms with Gasteiger partial charge in [0.15, 0.2) is 0 Å². The summed E-state index contributed by atoms with van der Waals surface area (Å²) >= 11 is 0. The second-order valence-corrected chi connectivity index (χ2v) is 6.68. The Morgan fingerprint density at radius 1 is 0.923 bits per heavy atom. The van der Waals surface area contributed by atoms with E-state index < -0.39 is 0 Å². The lowest BCUT2D eigenvalue weighted by Gasteiger charge is -2.29. The van der Waals surface area contributed by atoms with Crippen LogP contribution in [0.3, 0.4) is 0 Å². The molecule has 0 spiro atoms. The molecule has 0 unspecified atom stereocenters. The number of imide groups is 1. The summed E-state index contributed by atoms with van der Waals surface area (Å²) in [6, 6.07) is 15.0. The molecular weight excluding hydrogens is 328 g/mol. The van der Waals surface area contributed by atoms with Gasteiger partial charge in [-0.15, -0.1) is 0 Å². The lowest BCUT2D eigenvalue weighted by molar-refractivity contribution is 0.0644. The number of amides is 2. The van der Waals surface area contributed by atoms with Gasteiger partial charge in [0.05, 0.1) is 16.8 Å². The molecule has 0 radical (unpaired) electrons. The molecule has 0 atom stereocenters. The summed E-state index contributed by atoms with van der Waals surface area (Å²) in [7, 11) is 1.74. The summed E-state index contributed by atoms with van der Waals surface area (Å²) < 4.78 is 0. The summed E-state index contributed by atoms with van der Waals surface area (Å²) in [4.78, 5) is 27.6. The Labute approximate surface area is 153 Å². The first-order chi connectivity index (χ1) is 12.6. The van der Waals surface area contributed by atoms with E-state index in [1.165, 1.54) is 10.6 Å². The second kappa shape index (κ2) is 6.90. The highest BCUT2D eigenvalue weighted by Gasteiger charge is 2.38. The molecule has 134 valence electrons. The molecule has 0 aliphatic carbocycles. The van der Waals surface area contributed by atoms with Crippen LogP contribution in [0.15, 0.2) is 48.5 Å². The lowest BCUT2D eigenvalue weighted by Crippen LogP contribution is -2.44. The summed E-state index contributed by atoms with van der Waals surface area (Å²) in [5, 5.41) is 6.18. The number of nitrogens with zero attached hydrogens (tertiary/aromatic N) is 3. The molecule has 0 aromatic heterocycles. The van der Waals surface area contributed by atoms with Gasteiger partial charge in [0.2, 0.25) is 0 Å². The van der Waals surface area contributed by atoms with E-state index >= 15 is 0 Å². The van der Waals surface area contributed by atoms with E-state index in [1.54, 1.807) is 36.3 Å². The molecule has 6 heteroatoms. The van der Waals surface area contributed by atoms with Crippen molar-refractivity contribution in [3.05, 3.63) is 65.2 Å². The number of nitrogens with one attached hydrogen (secondary N) is 1. The maximum Gasteiger partial charge on any atom is 0.280 e. The van der Waals surface area contributed by atoms with Crippen LogP contribution in [-0.4, -0.2) is 54.9 Å². The van der Waals surface area contributed by atoms with E-state index in [9.17, 15) is 9.59 Å². The highest BCUT2D eigenvalue weighted by Crippen LogP contribution is 2.26. The van der Waals surface area contributed by atoms with Crippen molar-refractivity contribution in [2.75, 3.05) is 38.2 Å². The summed E-state index contributed by atoms with van der Waals surface area (Å²) in [6.07, 6.45) is 0. The number of carbonyl (C=O) groups is 2. The molecule has 1 fully saturated rings. The van der Waals surface area contributed by atoms with Crippen molar-refractivity contribution in [2.45, 2.75) is 6.54 Å². The van der Waals surface area contributed by atoms with Crippen LogP contribution in [0.5, 0.6) is 0 Å². The Kier molecular flexibility index (Phi) is 4.44. The number of fused-ring (bicyclic) bond motifs is 1. The number of rotatable bonds is 4. The monoisotopic (exact) mass is 350 g/mol. The van der Waals surface area contributed by atoms with E-state index in [4.69, 9.17) is 0 Å². The van der Waals surface area contributed by atoms with Crippen LogP contribution in [0, 0.1) is 0 Å². The molecule has 2 aromatic rings. The number of hydrogen-bond acceptors (Lipinski definition) is 5. The van der Waals surface area contributed by atoms with Crippen LogP contribution >= 0.6 is 0 Å². The first kappa shape index (κ1) is 16.8. The lowest BCUT2D eigenvalue weighted by atomic mass is 10.1. The molecule has 1 N–H and O–H groups in total. The van der Waals surface area contributed by atoms with Crippen molar-refractivity contribution >= 4 is 17.5 Å². The topological polar surface area (TPSA) is 55.9 Å². The van der Waals surface area contributed by atoms with Crippen molar-refractivity contribution in [1.29, 1.82) is 0 Å². The van der Waals surface area contributed by atoms with E-state index in [0.29, 0.717) is 11.1 Å². The molecule has 0 saturated carbocycles. The van der Waals surface area contributed by atoms with Gasteiger partial charge in [0.1, 0.15) is 0 Å². The Morgan fingerprint density at radius 3 is 2.08 bits per heavy atom. The quantitative estimate of drug-likeness (QED) is 0.852. The number of piperazine rings is 1. The van der Waals surface area contributed by atoms with Crippen LogP contribution in [0.4, 0.5) is 5.69 Å². The first-order valence-corrected chi connectivity index (χ1v) is 8.88. The van der Waals surface area contributed by atoms with Gasteiger partial charge in [0.25, 0.3) is 11.8 Å². The average molecular weight is 350 g/mol. The minimum Gasteiger partial charge on any atom is -0.314 e. The fraction of sp³-hybridized carbons (Fsp3) is 0.300. The third-order valence-corrected chi connectivity index (χ3v) is 5.00. The van der Waals surface area contributed by atoms with Crippen molar-refractivity contribution < 1.29 is 9.59 Å². The molecule has 6 nitrogen and oxygen atoms in total. The number of hydrazine groups is 1. The SMILES string of the molecule is CN(c1ccc(CN2CCNCC2)cc1)N1C(=O)c2ccccc2C1=O. The second-order valence-electron chi connectivity index (χ2n) is 6.68. The maximum atomic E-state index is 12.6. The zero-order valence-corrected chi connectivity index (χ0v) is 14.8. The van der Waals surface area contributed by atoms with E-state index in [-0.39, 0.29) is 11.8 Å². The van der Waals surface area contributed by atoms with Gasteiger partial charge in [-0.25, -0.2) is 0 Å². The average Bonchev–Trinajstić information content (AvgIpc) is 2.94. The summed E-state index contributed by atoms with van der Waals surface area (Å²) in [5.41, 5.74) is 2.95. The predicted molar refractivity (Wildman–Crippen MR) is 99.9 cm³/mol. The smallest absolute Gasteiger partial charge is 0.280 e. The van der Waals surface area contributed by atoms with Crippen molar-refractivity contribution in [3.8, 4) is 0 Å². The standard InChI is InChI=1S/C20H22N4O2/c1-22(24-19(25)17-4-2-3-5-18(17)20(24)26)16-8-6-15(7-9-16)14-23-12-10-21-11-13-23/h2-9,21H,10-14H2,1H3. The molecule has 2 heterocycles. The Bertz CT molecular complexity index is 793. The highest BCUT2D eigenvalue weighted by molar-refractivity contribution is 6.22. The molecule has 0 bridgehead atoms. The molecule has 2 aliphatic heterocycles. The third kappa shape index (κ3) is 2.98. The third-order valence-electron chi connectivity index (χ3n) is 5.00. The minimum atomic E-state index is -0.280. The van der Waals surface area contributed by atoms with Crippen molar-refractivity contribution in [1.82, 2.24) is 15.2 Å². The van der Waals surface area contributed by atoms with Gasteiger partial charge in [0, 0.05) is 39.8 Å².